The molecule has 0 radical (unpaired) electrons. The molecule has 1 saturated carbocycles. The van der Waals surface area contributed by atoms with Crippen molar-refractivity contribution in [2.24, 2.45) is 11.8 Å². The molecular formula is C16H26N2O2. The highest BCUT2D eigenvalue weighted by atomic mass is 16.5. The lowest BCUT2D eigenvalue weighted by Gasteiger charge is -2.32. The Morgan fingerprint density at radius 2 is 1.95 bits per heavy atom. The molecule has 1 aliphatic carbocycles. The summed E-state index contributed by atoms with van der Waals surface area (Å²) in [5, 5.41) is 0. The van der Waals surface area contributed by atoms with E-state index in [2.05, 4.69) is 18.8 Å². The van der Waals surface area contributed by atoms with E-state index in [0.29, 0.717) is 23.4 Å². The van der Waals surface area contributed by atoms with Gasteiger partial charge in [-0.15, -0.1) is 0 Å². The fourth-order valence-electron chi connectivity index (χ4n) is 2.59. The zero-order valence-electron chi connectivity index (χ0n) is 12.9. The zero-order chi connectivity index (χ0) is 14.7. The van der Waals surface area contributed by atoms with Crippen LogP contribution in [0.15, 0.2) is 12.1 Å². The van der Waals surface area contributed by atoms with Gasteiger partial charge in [0.05, 0.1) is 11.8 Å². The minimum Gasteiger partial charge on any atom is -0.474 e. The molecule has 1 aromatic rings. The van der Waals surface area contributed by atoms with Crippen molar-refractivity contribution < 1.29 is 9.47 Å². The van der Waals surface area contributed by atoms with Crippen molar-refractivity contribution in [2.75, 3.05) is 5.73 Å². The number of aromatic nitrogens is 1. The summed E-state index contributed by atoms with van der Waals surface area (Å²) in [5.41, 5.74) is 6.42. The van der Waals surface area contributed by atoms with E-state index in [4.69, 9.17) is 15.2 Å². The maximum Gasteiger partial charge on any atom is 0.240 e. The predicted molar refractivity (Wildman–Crippen MR) is 81.0 cm³/mol. The maximum absolute atomic E-state index is 6.00. The first kappa shape index (κ1) is 14.9. The Bertz CT molecular complexity index is 448. The number of ether oxygens (including phenoxy) is 2. The number of rotatable bonds is 4. The van der Waals surface area contributed by atoms with Gasteiger partial charge in [0.25, 0.3) is 0 Å². The Morgan fingerprint density at radius 3 is 2.60 bits per heavy atom. The van der Waals surface area contributed by atoms with Gasteiger partial charge in [-0.3, -0.25) is 0 Å². The van der Waals surface area contributed by atoms with Crippen LogP contribution in [0.25, 0.3) is 0 Å². The van der Waals surface area contributed by atoms with Crippen molar-refractivity contribution in [3.63, 3.8) is 0 Å². The second-order valence-corrected chi connectivity index (χ2v) is 6.22. The summed E-state index contributed by atoms with van der Waals surface area (Å²) < 4.78 is 11.6. The third-order valence-corrected chi connectivity index (χ3v) is 4.05. The molecule has 20 heavy (non-hydrogen) atoms. The molecule has 0 aliphatic heterocycles. The molecule has 0 amide bonds. The molecule has 2 rings (SSSR count). The molecule has 0 bridgehead atoms. The molecule has 4 heteroatoms. The molecule has 0 saturated heterocycles. The van der Waals surface area contributed by atoms with Crippen molar-refractivity contribution in [1.29, 1.82) is 0 Å². The second-order valence-electron chi connectivity index (χ2n) is 6.22. The molecule has 112 valence electrons. The highest BCUT2D eigenvalue weighted by Gasteiger charge is 2.26. The van der Waals surface area contributed by atoms with Gasteiger partial charge < -0.3 is 15.2 Å². The topological polar surface area (TPSA) is 57.4 Å². The molecule has 1 aliphatic rings. The van der Waals surface area contributed by atoms with Crippen LogP contribution < -0.4 is 15.2 Å². The normalized spacial score (nSPS) is 26.6. The summed E-state index contributed by atoms with van der Waals surface area (Å²) in [4.78, 5) is 4.38. The van der Waals surface area contributed by atoms with Gasteiger partial charge in [-0.2, -0.15) is 4.98 Å². The number of nitrogen functional groups attached to an aromatic ring is 1. The first-order valence-corrected chi connectivity index (χ1v) is 7.55. The lowest BCUT2D eigenvalue weighted by molar-refractivity contribution is 0.0952. The maximum atomic E-state index is 6.00. The van der Waals surface area contributed by atoms with Crippen LogP contribution in [0, 0.1) is 11.8 Å². The molecule has 4 nitrogen and oxygen atoms in total. The van der Waals surface area contributed by atoms with Gasteiger partial charge in [0.1, 0.15) is 6.10 Å². The monoisotopic (exact) mass is 278 g/mol. The number of pyridine rings is 1. The summed E-state index contributed by atoms with van der Waals surface area (Å²) in [7, 11) is 0. The highest BCUT2D eigenvalue weighted by molar-refractivity contribution is 5.49. The fourth-order valence-corrected chi connectivity index (χ4v) is 2.59. The lowest BCUT2D eigenvalue weighted by atomic mass is 9.80. The van der Waals surface area contributed by atoms with Crippen LogP contribution in [0.5, 0.6) is 11.8 Å². The average molecular weight is 278 g/mol. The summed E-state index contributed by atoms with van der Waals surface area (Å²) in [6.07, 6.45) is 3.71. The van der Waals surface area contributed by atoms with Crippen molar-refractivity contribution in [1.82, 2.24) is 4.98 Å². The molecule has 1 aromatic heterocycles. The van der Waals surface area contributed by atoms with Gasteiger partial charge in [0.2, 0.25) is 11.8 Å². The molecule has 1 fully saturated rings. The largest absolute Gasteiger partial charge is 0.474 e. The van der Waals surface area contributed by atoms with E-state index < -0.39 is 0 Å². The smallest absolute Gasteiger partial charge is 0.240 e. The van der Waals surface area contributed by atoms with E-state index in [9.17, 15) is 0 Å². The number of nitrogens with two attached hydrogens (primary N) is 1. The van der Waals surface area contributed by atoms with Gasteiger partial charge >= 0.3 is 0 Å². The van der Waals surface area contributed by atoms with Crippen molar-refractivity contribution >= 4 is 5.69 Å². The van der Waals surface area contributed by atoms with E-state index >= 15 is 0 Å². The number of anilines is 1. The van der Waals surface area contributed by atoms with Gasteiger partial charge in [-0.1, -0.05) is 13.8 Å². The predicted octanol–water partition coefficient (Wildman–Crippen LogP) is 3.65. The average Bonchev–Trinajstić information content (AvgIpc) is 2.37. The molecule has 1 heterocycles. The third kappa shape index (κ3) is 3.78. The number of hydrogen-bond acceptors (Lipinski definition) is 4. The lowest BCUT2D eigenvalue weighted by Crippen LogP contribution is -2.29. The first-order valence-electron chi connectivity index (χ1n) is 7.55. The summed E-state index contributed by atoms with van der Waals surface area (Å²) in [6.45, 7) is 8.53. The molecule has 0 aromatic carbocycles. The van der Waals surface area contributed by atoms with Crippen LogP contribution in [0.1, 0.15) is 47.0 Å². The Balaban J connectivity index is 2.02. The van der Waals surface area contributed by atoms with E-state index in [1.54, 1.807) is 6.07 Å². The molecular weight excluding hydrogens is 252 g/mol. The van der Waals surface area contributed by atoms with Crippen molar-refractivity contribution in [2.45, 2.75) is 59.2 Å². The standard InChI is InChI=1S/C16H26N2O2/c1-10(2)19-16-14(17)7-8-15(18-16)20-13-6-5-11(3)12(4)9-13/h7-8,10-13H,5-6,9,17H2,1-4H3. The van der Waals surface area contributed by atoms with E-state index in [-0.39, 0.29) is 12.2 Å². The van der Waals surface area contributed by atoms with Gasteiger partial charge in [0.15, 0.2) is 0 Å². The Kier molecular flexibility index (Phi) is 4.73. The molecule has 3 unspecified atom stereocenters. The SMILES string of the molecule is CC(C)Oc1nc(OC2CCC(C)C(C)C2)ccc1N. The van der Waals surface area contributed by atoms with Crippen molar-refractivity contribution in [3.05, 3.63) is 12.1 Å². The van der Waals surface area contributed by atoms with Crippen LogP contribution >= 0.6 is 0 Å². The van der Waals surface area contributed by atoms with E-state index in [1.165, 1.54) is 6.42 Å². The second kappa shape index (κ2) is 6.33. The van der Waals surface area contributed by atoms with Crippen LogP contribution in [0.3, 0.4) is 0 Å². The number of nitrogens with zero attached hydrogens (tertiary/aromatic N) is 1. The van der Waals surface area contributed by atoms with Gasteiger partial charge in [-0.05, 0) is 51.0 Å². The number of hydrogen-bond donors (Lipinski definition) is 1. The Labute approximate surface area is 121 Å². The molecule has 2 N–H and O–H groups in total. The van der Waals surface area contributed by atoms with Crippen LogP contribution in [0.4, 0.5) is 5.69 Å². The summed E-state index contributed by atoms with van der Waals surface area (Å²) in [6, 6.07) is 3.63. The Morgan fingerprint density at radius 1 is 1.20 bits per heavy atom. The zero-order valence-corrected chi connectivity index (χ0v) is 12.9. The third-order valence-electron chi connectivity index (χ3n) is 4.05. The first-order chi connectivity index (χ1) is 9.45. The van der Waals surface area contributed by atoms with Crippen LogP contribution in [-0.4, -0.2) is 17.2 Å². The molecule has 0 spiro atoms. The van der Waals surface area contributed by atoms with Gasteiger partial charge in [-0.25, -0.2) is 0 Å². The quantitative estimate of drug-likeness (QED) is 0.913. The van der Waals surface area contributed by atoms with E-state index in [0.717, 1.165) is 18.8 Å². The molecule has 3 atom stereocenters. The minimum absolute atomic E-state index is 0.0515. The van der Waals surface area contributed by atoms with Gasteiger partial charge in [0, 0.05) is 6.07 Å². The fraction of sp³-hybridized carbons (Fsp3) is 0.688. The van der Waals surface area contributed by atoms with Crippen LogP contribution in [0.2, 0.25) is 0 Å². The highest BCUT2D eigenvalue weighted by Crippen LogP contribution is 2.32. The summed E-state index contributed by atoms with van der Waals surface area (Å²) >= 11 is 0. The van der Waals surface area contributed by atoms with E-state index in [1.807, 2.05) is 19.9 Å². The minimum atomic E-state index is 0.0515. The van der Waals surface area contributed by atoms with Crippen molar-refractivity contribution in [3.8, 4) is 11.8 Å². The summed E-state index contributed by atoms with van der Waals surface area (Å²) in [5.74, 6) is 2.57. The van der Waals surface area contributed by atoms with Crippen LogP contribution in [-0.2, 0) is 0 Å². The Hall–Kier alpha value is -1.45.